The van der Waals surface area contributed by atoms with Crippen LogP contribution >= 0.6 is 0 Å². The summed E-state index contributed by atoms with van der Waals surface area (Å²) in [6.45, 7) is 9.50. The van der Waals surface area contributed by atoms with Gasteiger partial charge in [-0.2, -0.15) is 0 Å². The molecule has 0 spiro atoms. The van der Waals surface area contributed by atoms with E-state index in [4.69, 9.17) is 19.9 Å². The molecule has 0 saturated carbocycles. The molecular formula is C31H53N7O8. The van der Waals surface area contributed by atoms with Crippen LogP contribution in [0.5, 0.6) is 0 Å². The molecule has 1 aromatic rings. The van der Waals surface area contributed by atoms with Crippen molar-refractivity contribution in [2.24, 2.45) is 11.7 Å². The van der Waals surface area contributed by atoms with Crippen LogP contribution in [0, 0.1) is 5.92 Å². The first-order valence-corrected chi connectivity index (χ1v) is 15.5. The molecule has 46 heavy (non-hydrogen) atoms. The maximum absolute atomic E-state index is 13.4. The average molecular weight is 652 g/mol. The summed E-state index contributed by atoms with van der Waals surface area (Å²) in [5.74, 6) is -1.58. The standard InChI is InChI=1S/C31H53N7O8/c1-21(2)26(38-25(39)13-14-31(3,4)46-19-18-44-6)28(41)37-24(8-7-15-34-29(32)42)27(40)36-23-11-9-22(10-12-23)20-45-30(43)35-17-16-33-5/h9-12,21,24,26,33H,7-8,13-20H2,1-6H3,(H,35,43)(H,36,40)(H,37,41)(H,38,39)(H3,32,34,42)/t24-,26?/m0/s1. The molecule has 0 heterocycles. The van der Waals surface area contributed by atoms with Gasteiger partial charge in [0.15, 0.2) is 0 Å². The van der Waals surface area contributed by atoms with E-state index in [0.717, 1.165) is 0 Å². The van der Waals surface area contributed by atoms with E-state index in [1.165, 1.54) is 0 Å². The number of rotatable bonds is 22. The number of carbonyl (C=O) groups excluding carboxylic acids is 5. The van der Waals surface area contributed by atoms with Gasteiger partial charge in [0.2, 0.25) is 17.7 Å². The summed E-state index contributed by atoms with van der Waals surface area (Å²) in [6, 6.07) is 4.15. The van der Waals surface area contributed by atoms with Gasteiger partial charge in [0.05, 0.1) is 18.8 Å². The number of alkyl carbamates (subject to hydrolysis) is 1. The second-order valence-corrected chi connectivity index (χ2v) is 11.7. The highest BCUT2D eigenvalue weighted by molar-refractivity contribution is 5.98. The summed E-state index contributed by atoms with van der Waals surface area (Å²) in [4.78, 5) is 62.3. The first kappa shape index (κ1) is 40.1. The van der Waals surface area contributed by atoms with E-state index in [0.29, 0.717) is 50.4 Å². The van der Waals surface area contributed by atoms with E-state index < -0.39 is 41.6 Å². The molecule has 0 saturated heterocycles. The first-order valence-electron chi connectivity index (χ1n) is 15.5. The smallest absolute Gasteiger partial charge is 0.407 e. The zero-order valence-corrected chi connectivity index (χ0v) is 28.0. The van der Waals surface area contributed by atoms with E-state index in [9.17, 15) is 24.0 Å². The Labute approximate surface area is 271 Å². The Morgan fingerprint density at radius 2 is 1.61 bits per heavy atom. The van der Waals surface area contributed by atoms with Crippen LogP contribution in [0.4, 0.5) is 15.3 Å². The summed E-state index contributed by atoms with van der Waals surface area (Å²) in [5.41, 5.74) is 5.76. The van der Waals surface area contributed by atoms with E-state index in [1.54, 1.807) is 52.3 Å². The molecule has 0 fully saturated rings. The Morgan fingerprint density at radius 3 is 2.22 bits per heavy atom. The maximum atomic E-state index is 13.4. The summed E-state index contributed by atoms with van der Waals surface area (Å²) in [5, 5.41) is 16.3. The van der Waals surface area contributed by atoms with Gasteiger partial charge in [-0.15, -0.1) is 0 Å². The highest BCUT2D eigenvalue weighted by Crippen LogP contribution is 2.17. The quantitative estimate of drug-likeness (QED) is 0.0901. The monoisotopic (exact) mass is 651 g/mol. The second-order valence-electron chi connectivity index (χ2n) is 11.7. The number of nitrogens with two attached hydrogens (primary N) is 1. The van der Waals surface area contributed by atoms with Gasteiger partial charge in [-0.05, 0) is 63.8 Å². The van der Waals surface area contributed by atoms with E-state index in [1.807, 2.05) is 13.8 Å². The molecule has 0 bridgehead atoms. The molecule has 1 unspecified atom stereocenters. The lowest BCUT2D eigenvalue weighted by molar-refractivity contribution is -0.132. The van der Waals surface area contributed by atoms with Gasteiger partial charge >= 0.3 is 12.1 Å². The van der Waals surface area contributed by atoms with E-state index in [2.05, 4.69) is 31.9 Å². The van der Waals surface area contributed by atoms with Crippen molar-refractivity contribution >= 4 is 35.5 Å². The third-order valence-electron chi connectivity index (χ3n) is 6.84. The molecule has 0 aliphatic heterocycles. The zero-order valence-electron chi connectivity index (χ0n) is 28.0. The molecule has 15 heteroatoms. The number of primary amides is 1. The fourth-order valence-corrected chi connectivity index (χ4v) is 4.12. The number of hydrogen-bond acceptors (Lipinski definition) is 9. The molecule has 15 nitrogen and oxygen atoms in total. The van der Waals surface area contributed by atoms with Gasteiger partial charge in [-0.1, -0.05) is 26.0 Å². The summed E-state index contributed by atoms with van der Waals surface area (Å²) < 4.78 is 15.9. The Hall–Kier alpha value is -3.95. The van der Waals surface area contributed by atoms with Crippen LogP contribution < -0.4 is 37.6 Å². The number of hydrogen-bond donors (Lipinski definition) is 7. The molecule has 0 aliphatic rings. The SMILES string of the molecule is CNCCNC(=O)OCc1ccc(NC(=O)[C@H](CCCNC(N)=O)NC(=O)C(NC(=O)CCC(C)(C)OCCOC)C(C)C)cc1. The highest BCUT2D eigenvalue weighted by atomic mass is 16.5. The van der Waals surface area contributed by atoms with Gasteiger partial charge < -0.3 is 51.8 Å². The molecule has 1 rings (SSSR count). The molecule has 260 valence electrons. The number of anilines is 1. The lowest BCUT2D eigenvalue weighted by Gasteiger charge is -2.27. The van der Waals surface area contributed by atoms with Crippen molar-refractivity contribution < 1.29 is 38.2 Å². The summed E-state index contributed by atoms with van der Waals surface area (Å²) >= 11 is 0. The average Bonchev–Trinajstić information content (AvgIpc) is 2.99. The number of methoxy groups -OCH3 is 1. The minimum atomic E-state index is -0.974. The van der Waals surface area contributed by atoms with Crippen molar-refractivity contribution in [2.75, 3.05) is 52.3 Å². The second kappa shape index (κ2) is 21.7. The number of amides is 6. The third-order valence-corrected chi connectivity index (χ3v) is 6.84. The van der Waals surface area contributed by atoms with Gasteiger partial charge in [0, 0.05) is 38.9 Å². The Bertz CT molecular complexity index is 1100. The van der Waals surface area contributed by atoms with E-state index in [-0.39, 0.29) is 37.8 Å². The number of likely N-dealkylation sites (N-methyl/N-ethyl adjacent to an activating group) is 1. The molecule has 0 aromatic heterocycles. The highest BCUT2D eigenvalue weighted by Gasteiger charge is 2.29. The predicted octanol–water partition coefficient (Wildman–Crippen LogP) is 1.37. The molecular weight excluding hydrogens is 598 g/mol. The minimum absolute atomic E-state index is 0.0474. The van der Waals surface area contributed by atoms with Crippen molar-refractivity contribution in [1.29, 1.82) is 0 Å². The lowest BCUT2D eigenvalue weighted by atomic mass is 9.99. The van der Waals surface area contributed by atoms with Gasteiger partial charge in [-0.25, -0.2) is 9.59 Å². The summed E-state index contributed by atoms with van der Waals surface area (Å²) in [6.07, 6.45) is 0.579. The minimum Gasteiger partial charge on any atom is -0.445 e. The van der Waals surface area contributed by atoms with Crippen LogP contribution in [0.3, 0.4) is 0 Å². The Balaban J connectivity index is 2.85. The number of nitrogens with one attached hydrogen (secondary N) is 6. The number of ether oxygens (including phenoxy) is 3. The van der Waals surface area contributed by atoms with Gasteiger partial charge in [0.1, 0.15) is 18.7 Å². The molecule has 1 aromatic carbocycles. The third kappa shape index (κ3) is 17.5. The topological polar surface area (TPSA) is 211 Å². The van der Waals surface area contributed by atoms with Crippen LogP contribution in [0.25, 0.3) is 0 Å². The lowest BCUT2D eigenvalue weighted by Crippen LogP contribution is -2.54. The number of urea groups is 1. The normalized spacial score (nSPS) is 12.5. The van der Waals surface area contributed by atoms with Crippen LogP contribution in [0.15, 0.2) is 24.3 Å². The molecule has 6 amide bonds. The zero-order chi connectivity index (χ0) is 34.5. The predicted molar refractivity (Wildman–Crippen MR) is 174 cm³/mol. The van der Waals surface area contributed by atoms with E-state index >= 15 is 0 Å². The van der Waals surface area contributed by atoms with Crippen LogP contribution in [0.2, 0.25) is 0 Å². The Kier molecular flexibility index (Phi) is 18.9. The first-order chi connectivity index (χ1) is 21.8. The maximum Gasteiger partial charge on any atom is 0.407 e. The molecule has 8 N–H and O–H groups in total. The van der Waals surface area contributed by atoms with Crippen LogP contribution in [-0.4, -0.2) is 94.5 Å². The fourth-order valence-electron chi connectivity index (χ4n) is 4.12. The van der Waals surface area contributed by atoms with Crippen molar-refractivity contribution in [3.05, 3.63) is 29.8 Å². The van der Waals surface area contributed by atoms with Crippen molar-refractivity contribution in [3.63, 3.8) is 0 Å². The van der Waals surface area contributed by atoms with Crippen LogP contribution in [0.1, 0.15) is 58.9 Å². The molecule has 0 aliphatic carbocycles. The molecule has 2 atom stereocenters. The summed E-state index contributed by atoms with van der Waals surface area (Å²) in [7, 11) is 3.36. The number of carbonyl (C=O) groups is 5. The van der Waals surface area contributed by atoms with Gasteiger partial charge in [-0.3, -0.25) is 14.4 Å². The van der Waals surface area contributed by atoms with Crippen molar-refractivity contribution in [1.82, 2.24) is 26.6 Å². The van der Waals surface area contributed by atoms with Crippen molar-refractivity contribution in [2.45, 2.75) is 77.7 Å². The van der Waals surface area contributed by atoms with Crippen molar-refractivity contribution in [3.8, 4) is 0 Å². The fraction of sp³-hybridized carbons (Fsp3) is 0.645. The largest absolute Gasteiger partial charge is 0.445 e. The van der Waals surface area contributed by atoms with Gasteiger partial charge in [0.25, 0.3) is 0 Å². The van der Waals surface area contributed by atoms with Crippen LogP contribution in [-0.2, 0) is 35.2 Å². The Morgan fingerprint density at radius 1 is 0.913 bits per heavy atom. The number of benzene rings is 1. The molecule has 0 radical (unpaired) electrons.